The molecule has 0 spiro atoms. The van der Waals surface area contributed by atoms with Gasteiger partial charge in [0, 0.05) is 11.9 Å². The molecule has 0 saturated heterocycles. The molecule has 0 aromatic heterocycles. The monoisotopic (exact) mass is 287 g/mol. The molecule has 5 heteroatoms. The van der Waals surface area contributed by atoms with E-state index >= 15 is 0 Å². The smallest absolute Gasteiger partial charge is 0.268 e. The summed E-state index contributed by atoms with van der Waals surface area (Å²) in [5.41, 5.74) is 0.479. The highest BCUT2D eigenvalue weighted by Crippen LogP contribution is 2.45. The van der Waals surface area contributed by atoms with Crippen LogP contribution in [0.25, 0.3) is 6.08 Å². The van der Waals surface area contributed by atoms with Crippen molar-refractivity contribution in [3.8, 4) is 5.75 Å². The molecule has 20 heavy (non-hydrogen) atoms. The van der Waals surface area contributed by atoms with Gasteiger partial charge >= 0.3 is 0 Å². The molecule has 3 rings (SSSR count). The molecule has 0 aliphatic carbocycles. The average molecular weight is 287 g/mol. The molecule has 0 unspecified atom stereocenters. The number of rotatable bonds is 3. The van der Waals surface area contributed by atoms with Gasteiger partial charge in [0.1, 0.15) is 0 Å². The summed E-state index contributed by atoms with van der Waals surface area (Å²) in [7, 11) is 1.94. The summed E-state index contributed by atoms with van der Waals surface area (Å²) < 4.78 is 5.23. The standard InChI is InChI=1S/C15H13NO3S/c1-3-19-15-9(13(17)14(15)18)8-12-16(2)10-6-4-5-7-11(10)20-12/h4-8H,3H2,1-2H3/b12-8+. The number of para-hydroxylation sites is 1. The van der Waals surface area contributed by atoms with Crippen molar-refractivity contribution in [3.63, 3.8) is 0 Å². The Bertz CT molecular complexity index is 772. The van der Waals surface area contributed by atoms with E-state index in [1.54, 1.807) is 24.8 Å². The fourth-order valence-corrected chi connectivity index (χ4v) is 3.27. The zero-order valence-electron chi connectivity index (χ0n) is 11.2. The lowest BCUT2D eigenvalue weighted by atomic mass is 10.1. The Hall–Kier alpha value is -2.01. The van der Waals surface area contributed by atoms with Crippen molar-refractivity contribution in [1.29, 1.82) is 0 Å². The molecule has 1 heterocycles. The van der Waals surface area contributed by atoms with Crippen LogP contribution in [0.4, 0.5) is 5.69 Å². The average Bonchev–Trinajstić information content (AvgIpc) is 2.79. The molecular weight excluding hydrogens is 274 g/mol. The zero-order chi connectivity index (χ0) is 14.3. The van der Waals surface area contributed by atoms with Gasteiger partial charge in [0.2, 0.25) is 5.43 Å². The van der Waals surface area contributed by atoms with E-state index in [2.05, 4.69) is 0 Å². The first-order valence-electron chi connectivity index (χ1n) is 6.32. The molecule has 0 fully saturated rings. The summed E-state index contributed by atoms with van der Waals surface area (Å²) in [5.74, 6) is 0.190. The van der Waals surface area contributed by atoms with Crippen molar-refractivity contribution < 1.29 is 4.74 Å². The van der Waals surface area contributed by atoms with Crippen molar-refractivity contribution in [1.82, 2.24) is 0 Å². The topological polar surface area (TPSA) is 46.6 Å². The summed E-state index contributed by atoms with van der Waals surface area (Å²) in [6.45, 7) is 2.17. The van der Waals surface area contributed by atoms with Gasteiger partial charge in [0.05, 0.1) is 22.9 Å². The van der Waals surface area contributed by atoms with Crippen LogP contribution in [-0.2, 0) is 0 Å². The lowest BCUT2D eigenvalue weighted by Gasteiger charge is -2.14. The second kappa shape index (κ2) is 4.83. The zero-order valence-corrected chi connectivity index (χ0v) is 12.0. The Balaban J connectivity index is 1.98. The predicted molar refractivity (Wildman–Crippen MR) is 81.2 cm³/mol. The van der Waals surface area contributed by atoms with Crippen molar-refractivity contribution in [3.05, 3.63) is 55.3 Å². The molecule has 2 aromatic rings. The minimum Gasteiger partial charge on any atom is -0.489 e. The molecule has 0 saturated carbocycles. The molecule has 0 radical (unpaired) electrons. The quantitative estimate of drug-likeness (QED) is 0.810. The van der Waals surface area contributed by atoms with Gasteiger partial charge in [-0.25, -0.2) is 0 Å². The molecule has 4 nitrogen and oxygen atoms in total. The maximum atomic E-state index is 11.7. The summed E-state index contributed by atoms with van der Waals surface area (Å²) >= 11 is 1.58. The lowest BCUT2D eigenvalue weighted by molar-refractivity contribution is 0.332. The van der Waals surface area contributed by atoms with Crippen LogP contribution in [0, 0.1) is 0 Å². The van der Waals surface area contributed by atoms with E-state index in [1.807, 2.05) is 36.2 Å². The van der Waals surface area contributed by atoms with E-state index < -0.39 is 10.9 Å². The van der Waals surface area contributed by atoms with Crippen LogP contribution >= 0.6 is 11.8 Å². The Morgan fingerprint density at radius 3 is 2.70 bits per heavy atom. The van der Waals surface area contributed by atoms with Crippen LogP contribution < -0.4 is 20.5 Å². The minimum atomic E-state index is -0.526. The van der Waals surface area contributed by atoms with Crippen LogP contribution in [0.3, 0.4) is 0 Å². The van der Waals surface area contributed by atoms with Crippen molar-refractivity contribution in [2.75, 3.05) is 18.6 Å². The third kappa shape index (κ3) is 1.86. The maximum absolute atomic E-state index is 11.7. The SMILES string of the molecule is CCOc1c(/C=C2/Sc3ccccc3N2C)c(=O)c1=O. The molecular formula is C15H13NO3S. The second-order valence-electron chi connectivity index (χ2n) is 4.45. The summed E-state index contributed by atoms with van der Waals surface area (Å²) in [6, 6.07) is 8.00. The Morgan fingerprint density at radius 1 is 1.25 bits per heavy atom. The third-order valence-corrected chi connectivity index (χ3v) is 4.40. The molecule has 2 aromatic carbocycles. The van der Waals surface area contributed by atoms with Gasteiger partial charge in [-0.1, -0.05) is 23.9 Å². The number of hydrogen-bond acceptors (Lipinski definition) is 5. The van der Waals surface area contributed by atoms with Gasteiger partial charge in [-0.2, -0.15) is 0 Å². The van der Waals surface area contributed by atoms with Crippen LogP contribution in [0.2, 0.25) is 0 Å². The summed E-state index contributed by atoms with van der Waals surface area (Å²) in [4.78, 5) is 26.3. The van der Waals surface area contributed by atoms with Gasteiger partial charge in [0.25, 0.3) is 5.43 Å². The van der Waals surface area contributed by atoms with Crippen molar-refractivity contribution in [2.45, 2.75) is 11.8 Å². The number of nitrogens with zero attached hydrogens (tertiary/aromatic N) is 1. The number of thioether (sulfide) groups is 1. The highest BCUT2D eigenvalue weighted by Gasteiger charge is 2.25. The molecule has 102 valence electrons. The highest BCUT2D eigenvalue weighted by atomic mass is 32.2. The fourth-order valence-electron chi connectivity index (χ4n) is 2.18. The number of hydrogen-bond donors (Lipinski definition) is 0. The summed E-state index contributed by atoms with van der Waals surface area (Å²) in [5, 5.41) is 0.916. The van der Waals surface area contributed by atoms with Gasteiger partial charge in [-0.3, -0.25) is 9.59 Å². The maximum Gasteiger partial charge on any atom is 0.268 e. The first kappa shape index (κ1) is 13.0. The molecule has 1 aliphatic heterocycles. The minimum absolute atomic E-state index is 0.190. The summed E-state index contributed by atoms with van der Waals surface area (Å²) in [6.07, 6.45) is 1.74. The largest absolute Gasteiger partial charge is 0.489 e. The van der Waals surface area contributed by atoms with E-state index in [0.717, 1.165) is 15.6 Å². The Kier molecular flexibility index (Phi) is 3.14. The van der Waals surface area contributed by atoms with Crippen LogP contribution in [0.1, 0.15) is 12.5 Å². The van der Waals surface area contributed by atoms with Gasteiger partial charge in [-0.15, -0.1) is 0 Å². The molecule has 1 aliphatic rings. The van der Waals surface area contributed by atoms with Crippen molar-refractivity contribution in [2.24, 2.45) is 0 Å². The van der Waals surface area contributed by atoms with Crippen LogP contribution in [-0.4, -0.2) is 13.7 Å². The molecule has 0 amide bonds. The van der Waals surface area contributed by atoms with Crippen LogP contribution in [0.15, 0.2) is 43.8 Å². The normalized spacial score (nSPS) is 15.9. The van der Waals surface area contributed by atoms with E-state index in [0.29, 0.717) is 12.2 Å². The number of anilines is 1. The number of fused-ring (bicyclic) bond motifs is 1. The number of ether oxygens (including phenoxy) is 1. The van der Waals surface area contributed by atoms with Gasteiger partial charge in [0.15, 0.2) is 5.75 Å². The van der Waals surface area contributed by atoms with Gasteiger partial charge < -0.3 is 9.64 Å². The van der Waals surface area contributed by atoms with E-state index in [-0.39, 0.29) is 5.75 Å². The van der Waals surface area contributed by atoms with Crippen LogP contribution in [0.5, 0.6) is 5.75 Å². The third-order valence-electron chi connectivity index (χ3n) is 3.23. The second-order valence-corrected chi connectivity index (χ2v) is 5.51. The van der Waals surface area contributed by atoms with Gasteiger partial charge in [-0.05, 0) is 25.1 Å². The highest BCUT2D eigenvalue weighted by molar-refractivity contribution is 8.03. The first-order valence-corrected chi connectivity index (χ1v) is 7.13. The first-order chi connectivity index (χ1) is 9.63. The van der Waals surface area contributed by atoms with E-state index in [4.69, 9.17) is 4.74 Å². The molecule has 0 atom stereocenters. The lowest BCUT2D eigenvalue weighted by Crippen LogP contribution is -2.35. The fraction of sp³-hybridized carbons (Fsp3) is 0.200. The Morgan fingerprint density at radius 2 is 2.00 bits per heavy atom. The molecule has 0 bridgehead atoms. The van der Waals surface area contributed by atoms with E-state index in [9.17, 15) is 9.59 Å². The van der Waals surface area contributed by atoms with Crippen molar-refractivity contribution >= 4 is 23.5 Å². The number of benzene rings is 1. The molecule has 0 N–H and O–H groups in total. The Labute approximate surface area is 120 Å². The predicted octanol–water partition coefficient (Wildman–Crippen LogP) is 2.22. The van der Waals surface area contributed by atoms with E-state index in [1.165, 1.54) is 0 Å².